The molecule has 0 spiro atoms. The van der Waals surface area contributed by atoms with E-state index in [0.717, 1.165) is 30.3 Å². The molecule has 3 aromatic carbocycles. The van der Waals surface area contributed by atoms with Gasteiger partial charge in [-0.3, -0.25) is 24.6 Å². The summed E-state index contributed by atoms with van der Waals surface area (Å²) in [7, 11) is -4.84. The van der Waals surface area contributed by atoms with Crippen LogP contribution < -0.4 is 25.7 Å². The van der Waals surface area contributed by atoms with Crippen molar-refractivity contribution in [1.29, 1.82) is 0 Å². The molecule has 0 saturated carbocycles. The minimum Gasteiger partial charge on any atom is -0.456 e. The Hall–Kier alpha value is -5.94. The fourth-order valence-corrected chi connectivity index (χ4v) is 7.59. The molecule has 5 N–H and O–H groups in total. The van der Waals surface area contributed by atoms with Crippen LogP contribution in [0.3, 0.4) is 0 Å². The third-order valence-electron chi connectivity index (χ3n) is 10.4. The summed E-state index contributed by atoms with van der Waals surface area (Å²) in [5.74, 6) is -0.937. The third kappa shape index (κ3) is 14.6. The number of benzene rings is 3. The van der Waals surface area contributed by atoms with Crippen LogP contribution in [0.15, 0.2) is 93.0 Å². The van der Waals surface area contributed by atoms with Crippen molar-refractivity contribution in [3.05, 3.63) is 84.2 Å². The monoisotopic (exact) mass is 869 g/mol. The standard InChI is InChI=1S/C45H59N9O7S/c1-4-5-6-7-8-9-10-11-12-13-14-15-16-17-21-24-40(55)46-34-25-27-35(28-26-34)47-45(57)48-43-42(52-51-41-32(2)49-50-33(41)3)44(56)54(53-43)36-29-30-38(39(31-36)62(58,59)60)61-37-22-19-18-20-23-37/h18-20,22-23,25-31,42H,4-17,21,24H2,1-3H3,(H,46,55)(H,49,50)(H,58,59,60)(H2,47,48,53,57). The molecule has 1 aliphatic rings. The van der Waals surface area contributed by atoms with Crippen molar-refractivity contribution in [2.24, 2.45) is 15.3 Å². The van der Waals surface area contributed by atoms with Crippen molar-refractivity contribution < 1.29 is 32.1 Å². The largest absolute Gasteiger partial charge is 0.456 e. The molecule has 1 unspecified atom stereocenters. The summed E-state index contributed by atoms with van der Waals surface area (Å²) in [4.78, 5) is 39.1. The summed E-state index contributed by atoms with van der Waals surface area (Å²) in [6.07, 6.45) is 19.3. The molecule has 4 aromatic rings. The molecule has 17 heteroatoms. The Balaban J connectivity index is 1.13. The molecule has 4 amide bonds. The number of hydrogen-bond donors (Lipinski definition) is 5. The Bertz CT molecular complexity index is 2240. The normalized spacial score (nSPS) is 14.0. The number of hydrogen-bond acceptors (Lipinski definition) is 10. The Morgan fingerprint density at radius 3 is 1.94 bits per heavy atom. The van der Waals surface area contributed by atoms with E-state index in [1.165, 1.54) is 89.2 Å². The van der Waals surface area contributed by atoms with Gasteiger partial charge in [-0.2, -0.15) is 28.8 Å². The number of amides is 4. The van der Waals surface area contributed by atoms with E-state index in [1.54, 1.807) is 68.4 Å². The van der Waals surface area contributed by atoms with E-state index in [9.17, 15) is 27.4 Å². The number of ether oxygens (including phenoxy) is 1. The summed E-state index contributed by atoms with van der Waals surface area (Å²) < 4.78 is 40.7. The maximum absolute atomic E-state index is 13.8. The van der Waals surface area contributed by atoms with Crippen molar-refractivity contribution in [3.63, 3.8) is 0 Å². The Morgan fingerprint density at radius 1 is 0.790 bits per heavy atom. The zero-order valence-corrected chi connectivity index (χ0v) is 36.7. The predicted octanol–water partition coefficient (Wildman–Crippen LogP) is 10.9. The lowest BCUT2D eigenvalue weighted by molar-refractivity contribution is -0.118. The Kier molecular flexibility index (Phi) is 18.2. The molecule has 0 fully saturated rings. The smallest absolute Gasteiger partial charge is 0.324 e. The molecule has 1 aliphatic heterocycles. The van der Waals surface area contributed by atoms with Crippen LogP contribution in [0.5, 0.6) is 11.5 Å². The second-order valence-corrected chi connectivity index (χ2v) is 16.9. The number of H-pyrrole nitrogens is 1. The number of anilines is 3. The van der Waals surface area contributed by atoms with Crippen molar-refractivity contribution in [1.82, 2.24) is 15.5 Å². The third-order valence-corrected chi connectivity index (χ3v) is 11.2. The SMILES string of the molecule is CCCCCCCCCCCCCCCCCC(=O)Nc1ccc(NC(=O)NC2=NN(c3ccc(Oc4ccccc4)c(S(=O)(=O)O)c3)C(=O)C2N=Nc2c(C)n[nH]c2C)cc1. The van der Waals surface area contributed by atoms with Gasteiger partial charge in [0.1, 0.15) is 22.1 Å². The number of nitrogens with one attached hydrogen (secondary N) is 4. The van der Waals surface area contributed by atoms with Crippen LogP contribution in [0, 0.1) is 13.8 Å². The van der Waals surface area contributed by atoms with Crippen LogP contribution in [-0.4, -0.2) is 52.9 Å². The van der Waals surface area contributed by atoms with E-state index in [-0.39, 0.29) is 23.2 Å². The maximum atomic E-state index is 13.8. The number of carbonyl (C=O) groups excluding carboxylic acids is 3. The minimum atomic E-state index is -4.84. The molecular formula is C45H59N9O7S. The number of urea groups is 1. The molecule has 1 aromatic heterocycles. The summed E-state index contributed by atoms with van der Waals surface area (Å²) in [5.41, 5.74) is 2.41. The summed E-state index contributed by atoms with van der Waals surface area (Å²) in [6.45, 7) is 5.69. The van der Waals surface area contributed by atoms with E-state index in [2.05, 4.69) is 48.4 Å². The maximum Gasteiger partial charge on any atom is 0.324 e. The van der Waals surface area contributed by atoms with E-state index in [4.69, 9.17) is 4.74 Å². The summed E-state index contributed by atoms with van der Waals surface area (Å²) >= 11 is 0. The van der Waals surface area contributed by atoms with Gasteiger partial charge in [0.2, 0.25) is 11.9 Å². The number of hydrazone groups is 1. The Labute approximate surface area is 364 Å². The van der Waals surface area contributed by atoms with Gasteiger partial charge in [0, 0.05) is 17.8 Å². The molecule has 5 rings (SSSR count). The van der Waals surface area contributed by atoms with Crippen molar-refractivity contribution in [3.8, 4) is 11.5 Å². The number of aromatic nitrogens is 2. The number of nitrogens with zero attached hydrogens (tertiary/aromatic N) is 5. The van der Waals surface area contributed by atoms with E-state index in [1.807, 2.05) is 0 Å². The molecule has 16 nitrogen and oxygen atoms in total. The molecule has 0 radical (unpaired) electrons. The quantitative estimate of drug-likeness (QED) is 0.0258. The van der Waals surface area contributed by atoms with Gasteiger partial charge >= 0.3 is 6.03 Å². The van der Waals surface area contributed by atoms with Crippen molar-refractivity contribution >= 4 is 56.5 Å². The van der Waals surface area contributed by atoms with Gasteiger partial charge < -0.3 is 15.4 Å². The second kappa shape index (κ2) is 23.9. The number of aryl methyl sites for hydroxylation is 2. The lowest BCUT2D eigenvalue weighted by Crippen LogP contribution is -2.41. The number of carbonyl (C=O) groups is 3. The molecule has 0 saturated heterocycles. The van der Waals surface area contributed by atoms with Gasteiger partial charge in [0.15, 0.2) is 5.84 Å². The Morgan fingerprint density at radius 2 is 1.37 bits per heavy atom. The summed E-state index contributed by atoms with van der Waals surface area (Å²) in [5, 5.41) is 28.6. The highest BCUT2D eigenvalue weighted by atomic mass is 32.2. The average Bonchev–Trinajstić information content (AvgIpc) is 3.73. The highest BCUT2D eigenvalue weighted by Crippen LogP contribution is 2.34. The first kappa shape index (κ1) is 47.1. The van der Waals surface area contributed by atoms with Gasteiger partial charge in [-0.25, -0.2) is 4.79 Å². The average molecular weight is 870 g/mol. The van der Waals surface area contributed by atoms with Crippen LogP contribution in [0.25, 0.3) is 0 Å². The van der Waals surface area contributed by atoms with Crippen molar-refractivity contribution in [2.45, 2.75) is 134 Å². The molecule has 0 bridgehead atoms. The predicted molar refractivity (Wildman–Crippen MR) is 241 cm³/mol. The lowest BCUT2D eigenvalue weighted by atomic mass is 10.0. The van der Waals surface area contributed by atoms with Crippen LogP contribution >= 0.6 is 0 Å². The molecule has 2 heterocycles. The lowest BCUT2D eigenvalue weighted by Gasteiger charge is -2.15. The van der Waals surface area contributed by atoms with Gasteiger partial charge in [-0.15, -0.1) is 5.10 Å². The highest BCUT2D eigenvalue weighted by molar-refractivity contribution is 7.86. The van der Waals surface area contributed by atoms with Gasteiger partial charge in [0.05, 0.1) is 17.1 Å². The first-order chi connectivity index (χ1) is 29.9. The number of unbranched alkanes of at least 4 members (excludes halogenated alkanes) is 14. The van der Waals surface area contributed by atoms with Crippen LogP contribution in [0.4, 0.5) is 27.5 Å². The first-order valence-electron chi connectivity index (χ1n) is 21.6. The summed E-state index contributed by atoms with van der Waals surface area (Å²) in [6, 6.07) is 16.4. The second-order valence-electron chi connectivity index (χ2n) is 15.5. The van der Waals surface area contributed by atoms with E-state index >= 15 is 0 Å². The van der Waals surface area contributed by atoms with E-state index < -0.39 is 33.0 Å². The number of azo groups is 1. The molecule has 332 valence electrons. The van der Waals surface area contributed by atoms with Crippen LogP contribution in [-0.2, 0) is 19.7 Å². The number of aromatic amines is 1. The molecule has 0 aliphatic carbocycles. The fourth-order valence-electron chi connectivity index (χ4n) is 6.96. The first-order valence-corrected chi connectivity index (χ1v) is 23.0. The van der Waals surface area contributed by atoms with Gasteiger partial charge in [-0.1, -0.05) is 115 Å². The number of rotatable bonds is 24. The van der Waals surface area contributed by atoms with Gasteiger partial charge in [0.25, 0.3) is 16.0 Å². The fraction of sp³-hybridized carbons (Fsp3) is 0.444. The number of amidine groups is 1. The number of para-hydroxylation sites is 1. The molecule has 1 atom stereocenters. The highest BCUT2D eigenvalue weighted by Gasteiger charge is 2.39. The van der Waals surface area contributed by atoms with E-state index in [0.29, 0.717) is 40.6 Å². The molecular weight excluding hydrogens is 811 g/mol. The van der Waals surface area contributed by atoms with Crippen molar-refractivity contribution in [2.75, 3.05) is 15.6 Å². The van der Waals surface area contributed by atoms with Crippen LogP contribution in [0.1, 0.15) is 121 Å². The topological polar surface area (TPSA) is 220 Å². The zero-order chi connectivity index (χ0) is 44.3. The van der Waals surface area contributed by atoms with Crippen LogP contribution in [0.2, 0.25) is 0 Å². The zero-order valence-electron chi connectivity index (χ0n) is 35.9. The minimum absolute atomic E-state index is 0.0617. The molecule has 62 heavy (non-hydrogen) atoms. The van der Waals surface area contributed by atoms with Gasteiger partial charge in [-0.05, 0) is 74.9 Å².